The first-order chi connectivity index (χ1) is 12.6. The van der Waals surface area contributed by atoms with Crippen LogP contribution < -0.4 is 11.1 Å². The van der Waals surface area contributed by atoms with Gasteiger partial charge in [-0.2, -0.15) is 0 Å². The predicted octanol–water partition coefficient (Wildman–Crippen LogP) is 5.05. The summed E-state index contributed by atoms with van der Waals surface area (Å²) < 4.78 is 0. The molecule has 1 saturated carbocycles. The molecule has 0 bridgehead atoms. The minimum atomic E-state index is -0.404. The highest BCUT2D eigenvalue weighted by Gasteiger charge is 2.28. The molecule has 4 nitrogen and oxygen atoms in total. The number of thiophene rings is 1. The molecule has 1 atom stereocenters. The molecule has 1 unspecified atom stereocenters. The Kier molecular flexibility index (Phi) is 6.74. The summed E-state index contributed by atoms with van der Waals surface area (Å²) in [7, 11) is 0. The van der Waals surface area contributed by atoms with Gasteiger partial charge >= 0.3 is 0 Å². The number of hydrogen-bond acceptors (Lipinski definition) is 3. The second-order valence-electron chi connectivity index (χ2n) is 8.06. The molecule has 1 heterocycles. The molecule has 1 fully saturated rings. The highest BCUT2D eigenvalue weighted by Crippen LogP contribution is 2.40. The fraction of sp³-hybridized carbons (Fsp3) is 0.714. The van der Waals surface area contributed by atoms with Crippen LogP contribution in [0.1, 0.15) is 91.9 Å². The lowest BCUT2D eigenvalue weighted by Gasteiger charge is -2.21. The van der Waals surface area contributed by atoms with Crippen molar-refractivity contribution in [1.29, 1.82) is 0 Å². The standard InChI is InChI=1S/C21H32N2O2S/c1-2-6-15-9-11-16-17(13-15)26-21(19(16)20(22)25)23-18(24)12-10-14-7-4-3-5-8-14/h14-15H,2-13H2,1H3,(H2,22,25)(H,23,24). The van der Waals surface area contributed by atoms with E-state index in [0.29, 0.717) is 28.8 Å². The van der Waals surface area contributed by atoms with Crippen LogP contribution in [0, 0.1) is 11.8 Å². The van der Waals surface area contributed by atoms with Gasteiger partial charge in [0.2, 0.25) is 5.91 Å². The maximum atomic E-state index is 12.5. The Morgan fingerprint density at radius 3 is 2.58 bits per heavy atom. The second-order valence-corrected chi connectivity index (χ2v) is 9.17. The lowest BCUT2D eigenvalue weighted by Crippen LogP contribution is -2.20. The van der Waals surface area contributed by atoms with E-state index < -0.39 is 5.91 Å². The maximum absolute atomic E-state index is 12.5. The number of rotatable bonds is 7. The average Bonchev–Trinajstić information content (AvgIpc) is 2.98. The van der Waals surface area contributed by atoms with E-state index in [1.165, 1.54) is 49.8 Å². The van der Waals surface area contributed by atoms with E-state index in [1.54, 1.807) is 11.3 Å². The summed E-state index contributed by atoms with van der Waals surface area (Å²) in [5, 5.41) is 3.70. The Labute approximate surface area is 160 Å². The van der Waals surface area contributed by atoms with Gasteiger partial charge in [0.25, 0.3) is 5.91 Å². The molecule has 2 aliphatic carbocycles. The third kappa shape index (κ3) is 4.67. The molecule has 3 rings (SSSR count). The summed E-state index contributed by atoms with van der Waals surface area (Å²) in [6, 6.07) is 0. The third-order valence-electron chi connectivity index (χ3n) is 6.07. The van der Waals surface area contributed by atoms with E-state index in [1.807, 2.05) is 0 Å². The fourth-order valence-electron chi connectivity index (χ4n) is 4.66. The molecule has 0 spiro atoms. The van der Waals surface area contributed by atoms with E-state index >= 15 is 0 Å². The maximum Gasteiger partial charge on any atom is 0.251 e. The van der Waals surface area contributed by atoms with Gasteiger partial charge in [-0.3, -0.25) is 9.59 Å². The Balaban J connectivity index is 1.65. The minimum absolute atomic E-state index is 0.0294. The largest absolute Gasteiger partial charge is 0.365 e. The first kappa shape index (κ1) is 19.4. The molecule has 0 aromatic carbocycles. The van der Waals surface area contributed by atoms with E-state index in [0.717, 1.165) is 31.2 Å². The first-order valence-electron chi connectivity index (χ1n) is 10.3. The fourth-order valence-corrected chi connectivity index (χ4v) is 6.04. The molecule has 144 valence electrons. The van der Waals surface area contributed by atoms with E-state index in [9.17, 15) is 9.59 Å². The topological polar surface area (TPSA) is 72.2 Å². The summed E-state index contributed by atoms with van der Waals surface area (Å²) in [6.07, 6.45) is 13.4. The van der Waals surface area contributed by atoms with E-state index in [-0.39, 0.29) is 5.91 Å². The molecule has 5 heteroatoms. The highest BCUT2D eigenvalue weighted by molar-refractivity contribution is 7.17. The Bertz CT molecular complexity index is 647. The lowest BCUT2D eigenvalue weighted by molar-refractivity contribution is -0.116. The zero-order valence-electron chi connectivity index (χ0n) is 15.9. The smallest absolute Gasteiger partial charge is 0.251 e. The SMILES string of the molecule is CCCC1CCc2c(sc(NC(=O)CCC3CCCCC3)c2C(N)=O)C1. The number of fused-ring (bicyclic) bond motifs is 1. The number of anilines is 1. The molecule has 2 amide bonds. The predicted molar refractivity (Wildman–Crippen MR) is 108 cm³/mol. The Morgan fingerprint density at radius 2 is 1.88 bits per heavy atom. The van der Waals surface area contributed by atoms with Gasteiger partial charge in [-0.1, -0.05) is 51.9 Å². The molecular formula is C21H32N2O2S. The van der Waals surface area contributed by atoms with E-state index in [4.69, 9.17) is 5.73 Å². The van der Waals surface area contributed by atoms with Crippen molar-refractivity contribution in [1.82, 2.24) is 0 Å². The van der Waals surface area contributed by atoms with Crippen LogP contribution in [-0.4, -0.2) is 11.8 Å². The second kappa shape index (κ2) is 9.03. The lowest BCUT2D eigenvalue weighted by atomic mass is 9.84. The van der Waals surface area contributed by atoms with Crippen molar-refractivity contribution in [2.24, 2.45) is 17.6 Å². The van der Waals surface area contributed by atoms with Gasteiger partial charge in [0, 0.05) is 11.3 Å². The van der Waals surface area contributed by atoms with Crippen molar-refractivity contribution in [3.8, 4) is 0 Å². The van der Waals surface area contributed by atoms with Crippen molar-refractivity contribution in [2.75, 3.05) is 5.32 Å². The molecule has 2 aliphatic rings. The normalized spacial score (nSPS) is 20.6. The number of carbonyl (C=O) groups excluding carboxylic acids is 2. The van der Waals surface area contributed by atoms with Gasteiger partial charge < -0.3 is 11.1 Å². The van der Waals surface area contributed by atoms with Gasteiger partial charge in [-0.05, 0) is 43.1 Å². The van der Waals surface area contributed by atoms with Crippen LogP contribution in [0.25, 0.3) is 0 Å². The molecule has 0 saturated heterocycles. The molecule has 0 aliphatic heterocycles. The van der Waals surface area contributed by atoms with Crippen LogP contribution >= 0.6 is 11.3 Å². The summed E-state index contributed by atoms with van der Waals surface area (Å²) in [5.41, 5.74) is 7.33. The van der Waals surface area contributed by atoms with Crippen LogP contribution in [0.4, 0.5) is 5.00 Å². The van der Waals surface area contributed by atoms with Crippen molar-refractivity contribution in [3.05, 3.63) is 16.0 Å². The number of nitrogens with two attached hydrogens (primary N) is 1. The molecular weight excluding hydrogens is 344 g/mol. The molecule has 26 heavy (non-hydrogen) atoms. The molecule has 1 aromatic rings. The number of amides is 2. The molecule has 0 radical (unpaired) electrons. The summed E-state index contributed by atoms with van der Waals surface area (Å²) in [5.74, 6) is 1.01. The highest BCUT2D eigenvalue weighted by atomic mass is 32.1. The Morgan fingerprint density at radius 1 is 1.12 bits per heavy atom. The van der Waals surface area contributed by atoms with Gasteiger partial charge in [0.05, 0.1) is 5.56 Å². The van der Waals surface area contributed by atoms with Crippen molar-refractivity contribution in [3.63, 3.8) is 0 Å². The number of carbonyl (C=O) groups is 2. The number of hydrogen-bond donors (Lipinski definition) is 2. The summed E-state index contributed by atoms with van der Waals surface area (Å²) in [6.45, 7) is 2.22. The zero-order valence-corrected chi connectivity index (χ0v) is 16.8. The van der Waals surface area contributed by atoms with Crippen LogP contribution in [0.15, 0.2) is 0 Å². The quantitative estimate of drug-likeness (QED) is 0.699. The van der Waals surface area contributed by atoms with Gasteiger partial charge in [-0.15, -0.1) is 11.3 Å². The van der Waals surface area contributed by atoms with E-state index in [2.05, 4.69) is 12.2 Å². The van der Waals surface area contributed by atoms with Gasteiger partial charge in [0.15, 0.2) is 0 Å². The zero-order chi connectivity index (χ0) is 18.5. The summed E-state index contributed by atoms with van der Waals surface area (Å²) >= 11 is 1.58. The Hall–Kier alpha value is -1.36. The van der Waals surface area contributed by atoms with Crippen molar-refractivity contribution >= 4 is 28.2 Å². The average molecular weight is 377 g/mol. The molecule has 1 aromatic heterocycles. The van der Waals surface area contributed by atoms with Crippen LogP contribution in [0.2, 0.25) is 0 Å². The minimum Gasteiger partial charge on any atom is -0.365 e. The summed E-state index contributed by atoms with van der Waals surface area (Å²) in [4.78, 5) is 25.7. The van der Waals surface area contributed by atoms with Crippen LogP contribution in [0.5, 0.6) is 0 Å². The number of nitrogens with one attached hydrogen (secondary N) is 1. The van der Waals surface area contributed by atoms with Crippen molar-refractivity contribution in [2.45, 2.75) is 84.0 Å². The van der Waals surface area contributed by atoms with Crippen LogP contribution in [0.3, 0.4) is 0 Å². The van der Waals surface area contributed by atoms with Crippen LogP contribution in [-0.2, 0) is 17.6 Å². The number of primary amides is 1. The monoisotopic (exact) mass is 376 g/mol. The third-order valence-corrected chi connectivity index (χ3v) is 7.24. The molecule has 3 N–H and O–H groups in total. The first-order valence-corrected chi connectivity index (χ1v) is 11.1. The van der Waals surface area contributed by atoms with Gasteiger partial charge in [-0.25, -0.2) is 0 Å². The van der Waals surface area contributed by atoms with Crippen molar-refractivity contribution < 1.29 is 9.59 Å². The van der Waals surface area contributed by atoms with Gasteiger partial charge in [0.1, 0.15) is 5.00 Å².